The van der Waals surface area contributed by atoms with Gasteiger partial charge in [0, 0.05) is 23.8 Å². The van der Waals surface area contributed by atoms with Gasteiger partial charge in [0.2, 0.25) is 11.8 Å². The molecule has 1 fully saturated rings. The van der Waals surface area contributed by atoms with Crippen LogP contribution >= 0.6 is 15.9 Å². The highest BCUT2D eigenvalue weighted by Crippen LogP contribution is 2.28. The lowest BCUT2D eigenvalue weighted by molar-refractivity contribution is -0.151. The van der Waals surface area contributed by atoms with Gasteiger partial charge in [-0.25, -0.2) is 4.79 Å². The third-order valence-corrected chi connectivity index (χ3v) is 4.40. The monoisotopic (exact) mass is 368 g/mol. The second-order valence-corrected chi connectivity index (χ2v) is 6.19. The Morgan fingerprint density at radius 1 is 1.45 bits per heavy atom. The van der Waals surface area contributed by atoms with Crippen molar-refractivity contribution < 1.29 is 19.5 Å². The zero-order valence-corrected chi connectivity index (χ0v) is 13.9. The highest BCUT2D eigenvalue weighted by molar-refractivity contribution is 9.10. The number of rotatable bonds is 4. The Hall–Kier alpha value is -1.89. The first-order valence-electron chi connectivity index (χ1n) is 6.89. The van der Waals surface area contributed by atoms with Crippen LogP contribution in [0.2, 0.25) is 0 Å². The molecule has 0 bridgehead atoms. The van der Waals surface area contributed by atoms with Gasteiger partial charge >= 0.3 is 5.97 Å². The summed E-state index contributed by atoms with van der Waals surface area (Å²) in [5, 5.41) is 8.98. The summed E-state index contributed by atoms with van der Waals surface area (Å²) in [4.78, 5) is 38.5. The Morgan fingerprint density at radius 3 is 2.73 bits per heavy atom. The molecule has 22 heavy (non-hydrogen) atoms. The first-order valence-corrected chi connectivity index (χ1v) is 7.68. The number of aliphatic carboxylic acids is 1. The highest BCUT2D eigenvalue weighted by atomic mass is 79.9. The molecule has 7 heteroatoms. The Balaban J connectivity index is 2.14. The van der Waals surface area contributed by atoms with E-state index in [9.17, 15) is 14.4 Å². The summed E-state index contributed by atoms with van der Waals surface area (Å²) in [6, 6.07) is 6.34. The average Bonchev–Trinajstić information content (AvgIpc) is 2.86. The van der Waals surface area contributed by atoms with Gasteiger partial charge in [0.1, 0.15) is 12.0 Å². The van der Waals surface area contributed by atoms with Crippen LogP contribution in [0.15, 0.2) is 28.7 Å². The molecular weight excluding hydrogens is 352 g/mol. The number of carboxylic acids is 1. The second-order valence-electron chi connectivity index (χ2n) is 5.27. The number of carboxylic acid groups (broad SMARTS) is 1. The van der Waals surface area contributed by atoms with Gasteiger partial charge in [-0.2, -0.15) is 0 Å². The maximum absolute atomic E-state index is 12.5. The number of carbonyl (C=O) groups is 3. The number of nitrogens with zero attached hydrogens (tertiary/aromatic N) is 2. The minimum absolute atomic E-state index is 0.285. The minimum atomic E-state index is -1.09. The van der Waals surface area contributed by atoms with Crippen molar-refractivity contribution in [1.82, 2.24) is 4.90 Å². The number of likely N-dealkylation sites (N-methyl/N-ethyl adjacent to an activating group) is 1. The van der Waals surface area contributed by atoms with E-state index in [1.165, 1.54) is 14.0 Å². The molecule has 0 aliphatic carbocycles. The van der Waals surface area contributed by atoms with Crippen LogP contribution in [0, 0.1) is 5.92 Å². The summed E-state index contributed by atoms with van der Waals surface area (Å²) in [6.07, 6.45) is 0.390. The largest absolute Gasteiger partial charge is 0.480 e. The van der Waals surface area contributed by atoms with Crippen LogP contribution < -0.4 is 4.90 Å². The fourth-order valence-corrected chi connectivity index (χ4v) is 2.80. The third-order valence-electron chi connectivity index (χ3n) is 3.91. The number of anilines is 1. The van der Waals surface area contributed by atoms with E-state index in [-0.39, 0.29) is 5.91 Å². The maximum Gasteiger partial charge on any atom is 0.326 e. The van der Waals surface area contributed by atoms with E-state index in [0.29, 0.717) is 13.0 Å². The van der Waals surface area contributed by atoms with Gasteiger partial charge in [0.05, 0.1) is 0 Å². The van der Waals surface area contributed by atoms with Crippen molar-refractivity contribution in [3.8, 4) is 0 Å². The van der Waals surface area contributed by atoms with Gasteiger partial charge < -0.3 is 14.9 Å². The van der Waals surface area contributed by atoms with Crippen molar-refractivity contribution in [2.45, 2.75) is 19.4 Å². The van der Waals surface area contributed by atoms with Gasteiger partial charge in [-0.3, -0.25) is 9.59 Å². The second kappa shape index (κ2) is 6.48. The fourth-order valence-electron chi connectivity index (χ4n) is 2.41. The quantitative estimate of drug-likeness (QED) is 0.821. The highest BCUT2D eigenvalue weighted by Gasteiger charge is 2.40. The molecule has 1 aromatic rings. The summed E-state index contributed by atoms with van der Waals surface area (Å²) in [5.41, 5.74) is 0.726. The minimum Gasteiger partial charge on any atom is -0.480 e. The molecule has 1 heterocycles. The molecule has 0 aromatic heterocycles. The predicted octanol–water partition coefficient (Wildman–Crippen LogP) is 1.73. The first-order chi connectivity index (χ1) is 10.3. The SMILES string of the molecule is C[C@H](C(=O)O)N(C)C(=O)[C@@H]1CCN(c2cccc(Br)c2)C1=O. The van der Waals surface area contributed by atoms with E-state index < -0.39 is 23.8 Å². The lowest BCUT2D eigenvalue weighted by Gasteiger charge is -2.24. The summed E-state index contributed by atoms with van der Waals surface area (Å²) in [5.74, 6) is -2.64. The number of hydrogen-bond donors (Lipinski definition) is 1. The van der Waals surface area contributed by atoms with Crippen LogP contribution in [0.25, 0.3) is 0 Å². The number of hydrogen-bond acceptors (Lipinski definition) is 3. The molecule has 0 saturated carbocycles. The summed E-state index contributed by atoms with van der Waals surface area (Å²) < 4.78 is 0.851. The van der Waals surface area contributed by atoms with Gasteiger partial charge in [0.15, 0.2) is 0 Å². The Labute approximate surface area is 136 Å². The summed E-state index contributed by atoms with van der Waals surface area (Å²) in [6.45, 7) is 1.87. The van der Waals surface area contributed by atoms with Crippen molar-refractivity contribution in [2.24, 2.45) is 5.92 Å². The number of benzene rings is 1. The zero-order chi connectivity index (χ0) is 16.4. The standard InChI is InChI=1S/C15H17BrN2O4/c1-9(15(21)22)17(2)13(19)12-6-7-18(14(12)20)11-5-3-4-10(16)8-11/h3-5,8-9,12H,6-7H2,1-2H3,(H,21,22)/t9-,12+/m1/s1. The van der Waals surface area contributed by atoms with Crippen molar-refractivity contribution in [2.75, 3.05) is 18.5 Å². The van der Waals surface area contributed by atoms with E-state index in [1.807, 2.05) is 18.2 Å². The number of halogens is 1. The third kappa shape index (κ3) is 3.14. The molecule has 2 amide bonds. The molecule has 1 saturated heterocycles. The van der Waals surface area contributed by atoms with Crippen LogP contribution in [0.5, 0.6) is 0 Å². The zero-order valence-electron chi connectivity index (χ0n) is 12.3. The Bertz CT molecular complexity index is 619. The lowest BCUT2D eigenvalue weighted by atomic mass is 10.1. The van der Waals surface area contributed by atoms with Crippen LogP contribution in [0.3, 0.4) is 0 Å². The van der Waals surface area contributed by atoms with Crippen LogP contribution in [-0.2, 0) is 14.4 Å². The molecule has 1 aliphatic rings. The number of carbonyl (C=O) groups excluding carboxylic acids is 2. The van der Waals surface area contributed by atoms with Crippen LogP contribution in [0.4, 0.5) is 5.69 Å². The van der Waals surface area contributed by atoms with E-state index in [4.69, 9.17) is 5.11 Å². The molecule has 2 atom stereocenters. The lowest BCUT2D eigenvalue weighted by Crippen LogP contribution is -2.45. The molecule has 0 radical (unpaired) electrons. The van der Waals surface area contributed by atoms with Gasteiger partial charge in [-0.15, -0.1) is 0 Å². The van der Waals surface area contributed by atoms with E-state index >= 15 is 0 Å². The molecule has 0 unspecified atom stereocenters. The molecule has 6 nitrogen and oxygen atoms in total. The van der Waals surface area contributed by atoms with Crippen molar-refractivity contribution in [3.05, 3.63) is 28.7 Å². The summed E-state index contributed by atoms with van der Waals surface area (Å²) >= 11 is 3.35. The Kier molecular flexibility index (Phi) is 4.85. The van der Waals surface area contributed by atoms with Gasteiger partial charge in [0.25, 0.3) is 0 Å². The first kappa shape index (κ1) is 16.5. The van der Waals surface area contributed by atoms with E-state index in [2.05, 4.69) is 15.9 Å². The topological polar surface area (TPSA) is 77.9 Å². The van der Waals surface area contributed by atoms with Crippen LogP contribution in [-0.4, -0.2) is 47.4 Å². The average molecular weight is 369 g/mol. The molecule has 1 N–H and O–H groups in total. The van der Waals surface area contributed by atoms with Gasteiger partial charge in [-0.1, -0.05) is 22.0 Å². The molecule has 2 rings (SSSR count). The molecule has 118 valence electrons. The fraction of sp³-hybridized carbons (Fsp3) is 0.400. The van der Waals surface area contributed by atoms with E-state index in [0.717, 1.165) is 15.1 Å². The van der Waals surface area contributed by atoms with Crippen molar-refractivity contribution in [3.63, 3.8) is 0 Å². The normalized spacial score (nSPS) is 19.1. The van der Waals surface area contributed by atoms with Crippen LogP contribution in [0.1, 0.15) is 13.3 Å². The number of amides is 2. The van der Waals surface area contributed by atoms with E-state index in [1.54, 1.807) is 11.0 Å². The summed E-state index contributed by atoms with van der Waals surface area (Å²) in [7, 11) is 1.41. The van der Waals surface area contributed by atoms with Crippen molar-refractivity contribution >= 4 is 39.4 Å². The molecule has 1 aliphatic heterocycles. The molecule has 1 aromatic carbocycles. The molecule has 0 spiro atoms. The molecular formula is C15H17BrN2O4. The maximum atomic E-state index is 12.5. The Morgan fingerprint density at radius 2 is 2.14 bits per heavy atom. The van der Waals surface area contributed by atoms with Gasteiger partial charge in [-0.05, 0) is 31.5 Å². The van der Waals surface area contributed by atoms with Crippen molar-refractivity contribution in [1.29, 1.82) is 0 Å². The predicted molar refractivity (Wildman–Crippen MR) is 84.5 cm³/mol. The smallest absolute Gasteiger partial charge is 0.326 e.